The Labute approximate surface area is 215 Å². The topological polar surface area (TPSA) is 150 Å². The molecule has 0 saturated heterocycles. The van der Waals surface area contributed by atoms with Gasteiger partial charge >= 0.3 is 12.1 Å². The van der Waals surface area contributed by atoms with Gasteiger partial charge in [0.1, 0.15) is 18.8 Å². The number of carbonyl (C=O) groups is 2. The maximum atomic E-state index is 12.6. The lowest BCUT2D eigenvalue weighted by Crippen LogP contribution is -2.47. The van der Waals surface area contributed by atoms with Crippen LogP contribution in [-0.4, -0.2) is 57.6 Å². The highest BCUT2D eigenvalue weighted by atomic mass is 16.5. The van der Waals surface area contributed by atoms with Gasteiger partial charge in [0.15, 0.2) is 6.29 Å². The number of carbonyl (C=O) groups excluding carboxylic acids is 2. The van der Waals surface area contributed by atoms with Crippen LogP contribution in [0.1, 0.15) is 49.6 Å². The van der Waals surface area contributed by atoms with Crippen LogP contribution < -0.4 is 10.6 Å². The number of aliphatic hydroxyl groups excluding tert-OH is 2. The van der Waals surface area contributed by atoms with Crippen LogP contribution in [-0.2, 0) is 20.9 Å². The molecule has 0 radical (unpaired) electrons. The third-order valence-electron chi connectivity index (χ3n) is 5.76. The number of benzene rings is 2. The Bertz CT molecular complexity index is 1170. The largest absolute Gasteiger partial charge is 0.465 e. The summed E-state index contributed by atoms with van der Waals surface area (Å²) in [7, 11) is 0. The molecule has 10 heteroatoms. The van der Waals surface area contributed by atoms with E-state index in [-0.39, 0.29) is 37.6 Å². The number of nitrogens with one attached hydrogen (secondary N) is 2. The second kappa shape index (κ2) is 13.7. The van der Waals surface area contributed by atoms with Crippen molar-refractivity contribution >= 4 is 22.8 Å². The number of alkyl carbamates (subject to hydrolysis) is 1. The molecule has 0 saturated carbocycles. The van der Waals surface area contributed by atoms with Crippen LogP contribution in [0, 0.1) is 0 Å². The lowest BCUT2D eigenvalue weighted by molar-refractivity contribution is -0.146. The van der Waals surface area contributed by atoms with Crippen molar-refractivity contribution in [1.29, 1.82) is 0 Å². The SMILES string of the molecule is CCOC(=O)C(CCNC(=O)OCc1ccccc1)N[C@@H](C)C(O)c1nc(C(O)O)cc2ccccc12. The molecule has 1 amide bonds. The second-order valence-electron chi connectivity index (χ2n) is 8.51. The van der Waals surface area contributed by atoms with Gasteiger partial charge in [-0.25, -0.2) is 9.78 Å². The fourth-order valence-electron chi connectivity index (χ4n) is 3.85. The molecular weight excluding hydrogens is 478 g/mol. The van der Waals surface area contributed by atoms with Gasteiger partial charge in [-0.3, -0.25) is 10.1 Å². The number of ether oxygens (including phenoxy) is 2. The summed E-state index contributed by atoms with van der Waals surface area (Å²) in [6.07, 6.45) is -3.43. The van der Waals surface area contributed by atoms with Crippen LogP contribution >= 0.6 is 0 Å². The van der Waals surface area contributed by atoms with Gasteiger partial charge in [-0.15, -0.1) is 0 Å². The Morgan fingerprint density at radius 2 is 1.70 bits per heavy atom. The smallest absolute Gasteiger partial charge is 0.407 e. The molecule has 0 fully saturated rings. The van der Waals surface area contributed by atoms with Crippen LogP contribution in [0.25, 0.3) is 10.8 Å². The van der Waals surface area contributed by atoms with Gasteiger partial charge in [0.25, 0.3) is 0 Å². The zero-order valence-electron chi connectivity index (χ0n) is 20.8. The third kappa shape index (κ3) is 7.96. The van der Waals surface area contributed by atoms with E-state index in [1.54, 1.807) is 38.1 Å². The van der Waals surface area contributed by atoms with Crippen molar-refractivity contribution in [2.45, 2.75) is 51.4 Å². The highest BCUT2D eigenvalue weighted by Gasteiger charge is 2.28. The van der Waals surface area contributed by atoms with E-state index in [1.807, 2.05) is 30.3 Å². The van der Waals surface area contributed by atoms with Crippen molar-refractivity contribution in [3.63, 3.8) is 0 Å². The summed E-state index contributed by atoms with van der Waals surface area (Å²) in [5, 5.41) is 37.4. The van der Waals surface area contributed by atoms with Crippen molar-refractivity contribution in [3.05, 3.63) is 77.6 Å². The molecule has 198 valence electrons. The van der Waals surface area contributed by atoms with Gasteiger partial charge in [-0.2, -0.15) is 0 Å². The number of amides is 1. The van der Waals surface area contributed by atoms with Crippen molar-refractivity contribution in [3.8, 4) is 0 Å². The van der Waals surface area contributed by atoms with Gasteiger partial charge in [0.05, 0.1) is 18.0 Å². The average molecular weight is 512 g/mol. The second-order valence-corrected chi connectivity index (χ2v) is 8.51. The van der Waals surface area contributed by atoms with E-state index in [0.717, 1.165) is 5.56 Å². The summed E-state index contributed by atoms with van der Waals surface area (Å²) in [4.78, 5) is 28.9. The molecule has 0 aliphatic heterocycles. The zero-order valence-corrected chi connectivity index (χ0v) is 20.8. The first-order valence-electron chi connectivity index (χ1n) is 12.1. The molecule has 1 heterocycles. The van der Waals surface area contributed by atoms with Crippen molar-refractivity contribution in [2.75, 3.05) is 13.2 Å². The number of aliphatic hydroxyl groups is 3. The summed E-state index contributed by atoms with van der Waals surface area (Å²) in [6.45, 7) is 3.78. The minimum Gasteiger partial charge on any atom is -0.465 e. The summed E-state index contributed by atoms with van der Waals surface area (Å²) in [6, 6.07) is 16.4. The third-order valence-corrected chi connectivity index (χ3v) is 5.76. The molecule has 5 N–H and O–H groups in total. The predicted molar refractivity (Wildman–Crippen MR) is 136 cm³/mol. The normalized spacial score (nSPS) is 13.7. The molecular formula is C27H33N3O7. The van der Waals surface area contributed by atoms with Crippen LogP contribution in [0.2, 0.25) is 0 Å². The number of nitrogens with zero attached hydrogens (tertiary/aromatic N) is 1. The summed E-state index contributed by atoms with van der Waals surface area (Å²) in [5.74, 6) is -0.529. The number of hydrogen-bond donors (Lipinski definition) is 5. The van der Waals surface area contributed by atoms with Crippen LogP contribution in [0.15, 0.2) is 60.7 Å². The van der Waals surface area contributed by atoms with Gasteiger partial charge in [0, 0.05) is 18.0 Å². The fourth-order valence-corrected chi connectivity index (χ4v) is 3.85. The van der Waals surface area contributed by atoms with Crippen LogP contribution in [0.3, 0.4) is 0 Å². The Morgan fingerprint density at radius 3 is 2.41 bits per heavy atom. The summed E-state index contributed by atoms with van der Waals surface area (Å²) in [5.41, 5.74) is 1.09. The first kappa shape index (κ1) is 28.0. The minimum absolute atomic E-state index is 0.0000998. The molecule has 10 nitrogen and oxygen atoms in total. The van der Waals surface area contributed by atoms with E-state index < -0.39 is 36.5 Å². The monoisotopic (exact) mass is 511 g/mol. The number of rotatable bonds is 12. The highest BCUT2D eigenvalue weighted by molar-refractivity contribution is 5.85. The number of esters is 1. The van der Waals surface area contributed by atoms with E-state index in [9.17, 15) is 24.9 Å². The summed E-state index contributed by atoms with van der Waals surface area (Å²) >= 11 is 0. The maximum Gasteiger partial charge on any atom is 0.407 e. The van der Waals surface area contributed by atoms with E-state index in [0.29, 0.717) is 10.8 Å². The minimum atomic E-state index is -1.81. The number of fused-ring (bicyclic) bond motifs is 1. The van der Waals surface area contributed by atoms with Crippen molar-refractivity contribution in [2.24, 2.45) is 0 Å². The molecule has 2 aromatic carbocycles. The molecule has 3 aromatic rings. The molecule has 0 aliphatic rings. The van der Waals surface area contributed by atoms with Gasteiger partial charge in [-0.05, 0) is 37.3 Å². The Kier molecular flexibility index (Phi) is 10.3. The molecule has 0 spiro atoms. The van der Waals surface area contributed by atoms with E-state index in [2.05, 4.69) is 15.6 Å². The standard InChI is InChI=1S/C27H33N3O7/c1-3-36-26(34)21(13-14-28-27(35)37-16-18-9-5-4-6-10-18)29-17(2)24(31)23-20-12-8-7-11-19(20)15-22(30-23)25(32)33/h4-12,15,17,21,24-25,29,31-33H,3,13-14,16H2,1-2H3,(H,28,35)/t17-,21?,24?/m0/s1. The lowest BCUT2D eigenvalue weighted by atomic mass is 10.0. The first-order valence-corrected chi connectivity index (χ1v) is 12.1. The number of hydrogen-bond acceptors (Lipinski definition) is 9. The number of pyridine rings is 1. The average Bonchev–Trinajstić information content (AvgIpc) is 2.90. The van der Waals surface area contributed by atoms with E-state index >= 15 is 0 Å². The molecule has 37 heavy (non-hydrogen) atoms. The van der Waals surface area contributed by atoms with E-state index in [1.165, 1.54) is 6.07 Å². The highest BCUT2D eigenvalue weighted by Crippen LogP contribution is 2.27. The number of aromatic nitrogens is 1. The fraction of sp³-hybridized carbons (Fsp3) is 0.370. The van der Waals surface area contributed by atoms with Crippen LogP contribution in [0.5, 0.6) is 0 Å². The first-order chi connectivity index (χ1) is 17.8. The lowest BCUT2D eigenvalue weighted by Gasteiger charge is -2.26. The molecule has 0 aliphatic carbocycles. The molecule has 3 rings (SSSR count). The van der Waals surface area contributed by atoms with Crippen LogP contribution in [0.4, 0.5) is 4.79 Å². The molecule has 0 bridgehead atoms. The Hall–Kier alpha value is -3.57. The predicted octanol–water partition coefficient (Wildman–Crippen LogP) is 2.48. The van der Waals surface area contributed by atoms with Gasteiger partial charge < -0.3 is 30.1 Å². The van der Waals surface area contributed by atoms with Crippen molar-refractivity contribution in [1.82, 2.24) is 15.6 Å². The Balaban J connectivity index is 1.65. The van der Waals surface area contributed by atoms with Crippen molar-refractivity contribution < 1.29 is 34.4 Å². The summed E-state index contributed by atoms with van der Waals surface area (Å²) < 4.78 is 10.4. The molecule has 3 atom stereocenters. The Morgan fingerprint density at radius 1 is 1.00 bits per heavy atom. The van der Waals surface area contributed by atoms with Gasteiger partial charge in [0.2, 0.25) is 0 Å². The maximum absolute atomic E-state index is 12.6. The quantitative estimate of drug-likeness (QED) is 0.182. The zero-order chi connectivity index (χ0) is 26.8. The van der Waals surface area contributed by atoms with E-state index in [4.69, 9.17) is 9.47 Å². The molecule has 1 aromatic heterocycles. The molecule has 2 unspecified atom stereocenters. The van der Waals surface area contributed by atoms with Gasteiger partial charge in [-0.1, -0.05) is 54.6 Å².